The van der Waals surface area contributed by atoms with E-state index < -0.39 is 17.3 Å². The first kappa shape index (κ1) is 15.6. The molecule has 120 valence electrons. The van der Waals surface area contributed by atoms with Crippen LogP contribution in [0.2, 0.25) is 0 Å². The molecule has 0 aliphatic carbocycles. The van der Waals surface area contributed by atoms with Crippen molar-refractivity contribution in [2.75, 3.05) is 18.6 Å². The zero-order chi connectivity index (χ0) is 15.7. The Kier molecular flexibility index (Phi) is 4.54. The molecule has 0 spiro atoms. The molecule has 2 heterocycles. The molecule has 0 bridgehead atoms. The van der Waals surface area contributed by atoms with Crippen LogP contribution >= 0.6 is 0 Å². The summed E-state index contributed by atoms with van der Waals surface area (Å²) in [5, 5.41) is 0. The number of alkyl halides is 2. The highest BCUT2D eigenvalue weighted by molar-refractivity contribution is 7.85. The Bertz CT molecular complexity index is 678. The lowest BCUT2D eigenvalue weighted by Crippen LogP contribution is -2.37. The SMILES string of the molecule is CN(Cc1nc2ccccc2n1C(F)F)C1CCS(=O)CC1. The minimum absolute atomic E-state index is 0.281. The number of imidazole rings is 1. The van der Waals surface area contributed by atoms with Gasteiger partial charge in [-0.2, -0.15) is 8.78 Å². The number of hydrogen-bond donors (Lipinski definition) is 0. The Morgan fingerprint density at radius 1 is 1.36 bits per heavy atom. The van der Waals surface area contributed by atoms with Crippen LogP contribution in [0.15, 0.2) is 24.3 Å². The van der Waals surface area contributed by atoms with E-state index in [1.807, 2.05) is 7.05 Å². The first-order valence-electron chi connectivity index (χ1n) is 7.35. The molecule has 1 aliphatic rings. The molecular formula is C15H19F2N3OS. The lowest BCUT2D eigenvalue weighted by Gasteiger charge is -2.30. The number of benzene rings is 1. The van der Waals surface area contributed by atoms with E-state index in [1.165, 1.54) is 0 Å². The van der Waals surface area contributed by atoms with Crippen LogP contribution < -0.4 is 0 Å². The van der Waals surface area contributed by atoms with Gasteiger partial charge < -0.3 is 0 Å². The Balaban J connectivity index is 1.83. The molecular weight excluding hydrogens is 308 g/mol. The number of fused-ring (bicyclic) bond motifs is 1. The molecule has 1 fully saturated rings. The van der Waals surface area contributed by atoms with Gasteiger partial charge in [0, 0.05) is 28.3 Å². The summed E-state index contributed by atoms with van der Waals surface area (Å²) < 4.78 is 39.2. The molecule has 0 amide bonds. The van der Waals surface area contributed by atoms with E-state index in [0.29, 0.717) is 34.9 Å². The Hall–Kier alpha value is -1.34. The highest BCUT2D eigenvalue weighted by atomic mass is 32.2. The lowest BCUT2D eigenvalue weighted by molar-refractivity contribution is 0.0676. The first-order chi connectivity index (χ1) is 10.6. The third-order valence-electron chi connectivity index (χ3n) is 4.24. The van der Waals surface area contributed by atoms with Crippen molar-refractivity contribution in [3.05, 3.63) is 30.1 Å². The van der Waals surface area contributed by atoms with Crippen molar-refractivity contribution in [1.29, 1.82) is 0 Å². The maximum Gasteiger partial charge on any atom is 0.320 e. The topological polar surface area (TPSA) is 38.1 Å². The van der Waals surface area contributed by atoms with Crippen molar-refractivity contribution >= 4 is 21.8 Å². The summed E-state index contributed by atoms with van der Waals surface area (Å²) in [5.74, 6) is 1.77. The molecule has 0 unspecified atom stereocenters. The average Bonchev–Trinajstić information content (AvgIpc) is 2.85. The zero-order valence-corrected chi connectivity index (χ0v) is 13.2. The van der Waals surface area contributed by atoms with Gasteiger partial charge in [0.15, 0.2) is 0 Å². The van der Waals surface area contributed by atoms with Gasteiger partial charge in [-0.25, -0.2) is 4.98 Å². The maximum atomic E-state index is 13.4. The second-order valence-corrected chi connectivity index (χ2v) is 7.35. The van der Waals surface area contributed by atoms with Gasteiger partial charge in [-0.3, -0.25) is 13.7 Å². The normalized spacial score (nSPS) is 22.8. The van der Waals surface area contributed by atoms with Gasteiger partial charge in [0.05, 0.1) is 17.6 Å². The molecule has 7 heteroatoms. The van der Waals surface area contributed by atoms with Gasteiger partial charge in [0.2, 0.25) is 0 Å². The highest BCUT2D eigenvalue weighted by Gasteiger charge is 2.24. The maximum absolute atomic E-state index is 13.4. The summed E-state index contributed by atoms with van der Waals surface area (Å²) in [6.45, 7) is -2.23. The molecule has 0 radical (unpaired) electrons. The molecule has 1 aromatic carbocycles. The molecule has 0 saturated carbocycles. The standard InChI is InChI=1S/C15H19F2N3OS/c1-19(11-6-8-22(21)9-7-11)10-14-18-12-4-2-3-5-13(12)20(14)15(16)17/h2-5,11,15H,6-10H2,1H3. The van der Waals surface area contributed by atoms with Crippen LogP contribution in [-0.2, 0) is 17.3 Å². The van der Waals surface area contributed by atoms with Crippen LogP contribution in [0, 0.1) is 0 Å². The van der Waals surface area contributed by atoms with Crippen molar-refractivity contribution in [2.45, 2.75) is 32.0 Å². The van der Waals surface area contributed by atoms with Crippen molar-refractivity contribution < 1.29 is 13.0 Å². The summed E-state index contributed by atoms with van der Waals surface area (Å²) in [6, 6.07) is 7.24. The van der Waals surface area contributed by atoms with Gasteiger partial charge in [0.1, 0.15) is 5.82 Å². The third-order valence-corrected chi connectivity index (χ3v) is 5.62. The highest BCUT2D eigenvalue weighted by Crippen LogP contribution is 2.25. The summed E-state index contributed by atoms with van der Waals surface area (Å²) in [6.07, 6.45) is 1.69. The van der Waals surface area contributed by atoms with E-state index in [2.05, 4.69) is 9.88 Å². The van der Waals surface area contributed by atoms with Crippen LogP contribution in [-0.4, -0.2) is 43.3 Å². The van der Waals surface area contributed by atoms with Crippen LogP contribution in [0.1, 0.15) is 25.2 Å². The number of hydrogen-bond acceptors (Lipinski definition) is 3. The Morgan fingerprint density at radius 2 is 2.05 bits per heavy atom. The zero-order valence-electron chi connectivity index (χ0n) is 12.4. The molecule has 22 heavy (non-hydrogen) atoms. The molecule has 1 aliphatic heterocycles. The second kappa shape index (κ2) is 6.42. The van der Waals surface area contributed by atoms with Crippen LogP contribution in [0.25, 0.3) is 11.0 Å². The molecule has 1 saturated heterocycles. The third kappa shape index (κ3) is 3.05. The average molecular weight is 327 g/mol. The number of halogens is 2. The summed E-state index contributed by atoms with van der Waals surface area (Å²) >= 11 is 0. The quantitative estimate of drug-likeness (QED) is 0.867. The first-order valence-corrected chi connectivity index (χ1v) is 8.84. The molecule has 3 rings (SSSR count). The molecule has 2 aromatic rings. The minimum atomic E-state index is -2.60. The molecule has 1 aromatic heterocycles. The van der Waals surface area contributed by atoms with E-state index in [9.17, 15) is 13.0 Å². The number of para-hydroxylation sites is 2. The van der Waals surface area contributed by atoms with Gasteiger partial charge >= 0.3 is 6.55 Å². The predicted molar refractivity (Wildman–Crippen MR) is 83.4 cm³/mol. The van der Waals surface area contributed by atoms with Crippen molar-refractivity contribution in [3.63, 3.8) is 0 Å². The lowest BCUT2D eigenvalue weighted by atomic mass is 10.1. The number of rotatable bonds is 4. The predicted octanol–water partition coefficient (Wildman–Crippen LogP) is 2.77. The van der Waals surface area contributed by atoms with Gasteiger partial charge in [-0.15, -0.1) is 0 Å². The monoisotopic (exact) mass is 327 g/mol. The molecule has 4 nitrogen and oxygen atoms in total. The van der Waals surface area contributed by atoms with E-state index in [-0.39, 0.29) is 6.04 Å². The fourth-order valence-electron chi connectivity index (χ4n) is 3.00. The van der Waals surface area contributed by atoms with Crippen molar-refractivity contribution in [2.24, 2.45) is 0 Å². The van der Waals surface area contributed by atoms with Crippen LogP contribution in [0.3, 0.4) is 0 Å². The fraction of sp³-hybridized carbons (Fsp3) is 0.533. The smallest absolute Gasteiger partial charge is 0.296 e. The van der Waals surface area contributed by atoms with E-state index >= 15 is 0 Å². The van der Waals surface area contributed by atoms with Crippen molar-refractivity contribution in [3.8, 4) is 0 Å². The van der Waals surface area contributed by atoms with Gasteiger partial charge in [-0.05, 0) is 32.0 Å². The van der Waals surface area contributed by atoms with Crippen molar-refractivity contribution in [1.82, 2.24) is 14.5 Å². The minimum Gasteiger partial charge on any atom is -0.296 e. The van der Waals surface area contributed by atoms with Crippen LogP contribution in [0.5, 0.6) is 0 Å². The van der Waals surface area contributed by atoms with Gasteiger partial charge in [0.25, 0.3) is 0 Å². The summed E-state index contributed by atoms with van der Waals surface area (Å²) in [5.41, 5.74) is 1.06. The second-order valence-electron chi connectivity index (χ2n) is 5.66. The molecule has 0 N–H and O–H groups in total. The van der Waals surface area contributed by atoms with E-state index in [4.69, 9.17) is 0 Å². The van der Waals surface area contributed by atoms with E-state index in [0.717, 1.165) is 17.4 Å². The summed E-state index contributed by atoms with van der Waals surface area (Å²) in [4.78, 5) is 6.42. The Labute approximate surface area is 130 Å². The fourth-order valence-corrected chi connectivity index (χ4v) is 4.27. The van der Waals surface area contributed by atoms with E-state index in [1.54, 1.807) is 24.3 Å². The van der Waals surface area contributed by atoms with Crippen LogP contribution in [0.4, 0.5) is 8.78 Å². The molecule has 0 atom stereocenters. The number of aromatic nitrogens is 2. The number of nitrogens with zero attached hydrogens (tertiary/aromatic N) is 3. The van der Waals surface area contributed by atoms with Gasteiger partial charge in [-0.1, -0.05) is 12.1 Å². The summed E-state index contributed by atoms with van der Waals surface area (Å²) in [7, 11) is 1.21. The largest absolute Gasteiger partial charge is 0.320 e. The Morgan fingerprint density at radius 3 is 2.73 bits per heavy atom.